The van der Waals surface area contributed by atoms with Gasteiger partial charge in [0.2, 0.25) is 0 Å². The Hall–Kier alpha value is -1.15. The van der Waals surface area contributed by atoms with Crippen LogP contribution in [0.25, 0.3) is 0 Å². The third-order valence-corrected chi connectivity index (χ3v) is 4.28. The standard InChI is InChI=1S/C15H19NO/c17-15-7-6-14(15)16-10-8-13(9-11-16)12-4-2-1-3-5-12/h1-5,13-14H,6-11H2. The van der Waals surface area contributed by atoms with Gasteiger partial charge in [0.15, 0.2) is 0 Å². The van der Waals surface area contributed by atoms with Gasteiger partial charge in [-0.05, 0) is 43.8 Å². The van der Waals surface area contributed by atoms with E-state index in [1.54, 1.807) is 0 Å². The van der Waals surface area contributed by atoms with Crippen LogP contribution in [0.5, 0.6) is 0 Å². The first-order valence-electron chi connectivity index (χ1n) is 6.66. The summed E-state index contributed by atoms with van der Waals surface area (Å²) in [7, 11) is 0. The van der Waals surface area contributed by atoms with E-state index in [0.29, 0.717) is 11.7 Å². The Morgan fingerprint density at radius 1 is 1.00 bits per heavy atom. The largest absolute Gasteiger partial charge is 0.298 e. The van der Waals surface area contributed by atoms with Crippen molar-refractivity contribution in [3.63, 3.8) is 0 Å². The molecular weight excluding hydrogens is 210 g/mol. The Morgan fingerprint density at radius 3 is 2.24 bits per heavy atom. The van der Waals surface area contributed by atoms with Crippen LogP contribution >= 0.6 is 0 Å². The van der Waals surface area contributed by atoms with Crippen LogP contribution in [0.4, 0.5) is 0 Å². The number of carbonyl (C=O) groups excluding carboxylic acids is 1. The van der Waals surface area contributed by atoms with Crippen LogP contribution in [0.2, 0.25) is 0 Å². The lowest BCUT2D eigenvalue weighted by molar-refractivity contribution is -0.131. The second kappa shape index (κ2) is 4.61. The van der Waals surface area contributed by atoms with Gasteiger partial charge in [-0.2, -0.15) is 0 Å². The van der Waals surface area contributed by atoms with Gasteiger partial charge in [0.1, 0.15) is 5.78 Å². The smallest absolute Gasteiger partial charge is 0.150 e. The number of nitrogens with zero attached hydrogens (tertiary/aromatic N) is 1. The first-order valence-corrected chi connectivity index (χ1v) is 6.66. The van der Waals surface area contributed by atoms with Gasteiger partial charge in [0.05, 0.1) is 6.04 Å². The number of rotatable bonds is 2. The Kier molecular flexibility index (Phi) is 2.98. The van der Waals surface area contributed by atoms with E-state index >= 15 is 0 Å². The monoisotopic (exact) mass is 229 g/mol. The fourth-order valence-corrected chi connectivity index (χ4v) is 3.05. The van der Waals surface area contributed by atoms with Crippen LogP contribution < -0.4 is 0 Å². The van der Waals surface area contributed by atoms with E-state index in [9.17, 15) is 4.79 Å². The molecule has 2 nitrogen and oxygen atoms in total. The summed E-state index contributed by atoms with van der Waals surface area (Å²) in [5, 5.41) is 0. The van der Waals surface area contributed by atoms with E-state index in [1.165, 1.54) is 18.4 Å². The molecule has 0 amide bonds. The first kappa shape index (κ1) is 11.0. The highest BCUT2D eigenvalue weighted by Crippen LogP contribution is 2.31. The summed E-state index contributed by atoms with van der Waals surface area (Å²) >= 11 is 0. The van der Waals surface area contributed by atoms with Crippen LogP contribution in [0, 0.1) is 0 Å². The zero-order valence-corrected chi connectivity index (χ0v) is 10.1. The molecule has 0 N–H and O–H groups in total. The molecular formula is C15H19NO. The topological polar surface area (TPSA) is 20.3 Å². The summed E-state index contributed by atoms with van der Waals surface area (Å²) in [5.41, 5.74) is 1.46. The van der Waals surface area contributed by atoms with E-state index in [0.717, 1.165) is 25.9 Å². The second-order valence-corrected chi connectivity index (χ2v) is 5.24. The highest BCUT2D eigenvalue weighted by atomic mass is 16.1. The molecule has 0 bridgehead atoms. The molecule has 1 aliphatic carbocycles. The van der Waals surface area contributed by atoms with E-state index in [1.807, 2.05) is 0 Å². The van der Waals surface area contributed by atoms with Gasteiger partial charge in [0.25, 0.3) is 0 Å². The molecule has 0 radical (unpaired) electrons. The van der Waals surface area contributed by atoms with Crippen molar-refractivity contribution in [3.8, 4) is 0 Å². The van der Waals surface area contributed by atoms with Crippen molar-refractivity contribution in [1.82, 2.24) is 4.90 Å². The Balaban J connectivity index is 1.59. The Bertz CT molecular complexity index is 393. The summed E-state index contributed by atoms with van der Waals surface area (Å²) in [4.78, 5) is 13.8. The molecule has 90 valence electrons. The fraction of sp³-hybridized carbons (Fsp3) is 0.533. The predicted molar refractivity (Wildman–Crippen MR) is 68.0 cm³/mol. The van der Waals surface area contributed by atoms with Crippen LogP contribution in [0.3, 0.4) is 0 Å². The lowest BCUT2D eigenvalue weighted by Crippen LogP contribution is -2.50. The molecule has 1 aliphatic heterocycles. The van der Waals surface area contributed by atoms with E-state index in [-0.39, 0.29) is 6.04 Å². The highest BCUT2D eigenvalue weighted by molar-refractivity contribution is 5.89. The average molecular weight is 229 g/mol. The number of benzene rings is 1. The SMILES string of the molecule is O=C1CCC1N1CCC(c2ccccc2)CC1. The van der Waals surface area contributed by atoms with Crippen molar-refractivity contribution < 1.29 is 4.79 Å². The second-order valence-electron chi connectivity index (χ2n) is 5.24. The van der Waals surface area contributed by atoms with Crippen LogP contribution in [0.15, 0.2) is 30.3 Å². The van der Waals surface area contributed by atoms with Crippen molar-refractivity contribution in [2.75, 3.05) is 13.1 Å². The van der Waals surface area contributed by atoms with Gasteiger partial charge in [-0.15, -0.1) is 0 Å². The molecule has 1 saturated carbocycles. The maximum atomic E-state index is 11.4. The van der Waals surface area contributed by atoms with Crippen LogP contribution in [-0.4, -0.2) is 29.8 Å². The van der Waals surface area contributed by atoms with Crippen molar-refractivity contribution in [2.24, 2.45) is 0 Å². The third-order valence-electron chi connectivity index (χ3n) is 4.28. The summed E-state index contributed by atoms with van der Waals surface area (Å²) in [6.07, 6.45) is 4.31. The molecule has 1 atom stereocenters. The first-order chi connectivity index (χ1) is 8.34. The van der Waals surface area contributed by atoms with Gasteiger partial charge in [-0.3, -0.25) is 9.69 Å². The van der Waals surface area contributed by atoms with E-state index in [4.69, 9.17) is 0 Å². The molecule has 2 heteroatoms. The number of likely N-dealkylation sites (tertiary alicyclic amines) is 1. The van der Waals surface area contributed by atoms with Crippen LogP contribution in [0.1, 0.15) is 37.2 Å². The third kappa shape index (κ3) is 2.14. The quantitative estimate of drug-likeness (QED) is 0.777. The Morgan fingerprint density at radius 2 is 1.71 bits per heavy atom. The summed E-state index contributed by atoms with van der Waals surface area (Å²) < 4.78 is 0. The lowest BCUT2D eigenvalue weighted by atomic mass is 9.84. The molecule has 0 spiro atoms. The lowest BCUT2D eigenvalue weighted by Gasteiger charge is -2.40. The fourth-order valence-electron chi connectivity index (χ4n) is 3.05. The molecule has 1 unspecified atom stereocenters. The predicted octanol–water partition coefficient (Wildman–Crippen LogP) is 2.60. The number of hydrogen-bond donors (Lipinski definition) is 0. The molecule has 1 aromatic carbocycles. The minimum atomic E-state index is 0.270. The number of Topliss-reactive ketones (excluding diaryl/α,β-unsaturated/α-hetero) is 1. The number of hydrogen-bond acceptors (Lipinski definition) is 2. The number of ketones is 1. The average Bonchev–Trinajstić information content (AvgIpc) is 2.39. The summed E-state index contributed by atoms with van der Waals surface area (Å²) in [6, 6.07) is 11.1. The van der Waals surface area contributed by atoms with Crippen molar-refractivity contribution >= 4 is 5.78 Å². The van der Waals surface area contributed by atoms with Crippen molar-refractivity contribution in [2.45, 2.75) is 37.6 Å². The maximum Gasteiger partial charge on any atom is 0.150 e. The zero-order valence-electron chi connectivity index (χ0n) is 10.1. The minimum Gasteiger partial charge on any atom is -0.298 e. The number of carbonyl (C=O) groups is 1. The molecule has 3 rings (SSSR count). The van der Waals surface area contributed by atoms with Gasteiger partial charge >= 0.3 is 0 Å². The summed E-state index contributed by atoms with van der Waals surface area (Å²) in [5.74, 6) is 1.16. The van der Waals surface area contributed by atoms with E-state index < -0.39 is 0 Å². The molecule has 1 heterocycles. The van der Waals surface area contributed by atoms with Crippen molar-refractivity contribution in [1.29, 1.82) is 0 Å². The highest BCUT2D eigenvalue weighted by Gasteiger charge is 2.35. The molecule has 2 fully saturated rings. The Labute approximate surface area is 103 Å². The maximum absolute atomic E-state index is 11.4. The van der Waals surface area contributed by atoms with E-state index in [2.05, 4.69) is 35.2 Å². The molecule has 1 aromatic rings. The molecule has 0 aromatic heterocycles. The van der Waals surface area contributed by atoms with Gasteiger partial charge in [-0.25, -0.2) is 0 Å². The van der Waals surface area contributed by atoms with Gasteiger partial charge in [0, 0.05) is 6.42 Å². The van der Waals surface area contributed by atoms with Gasteiger partial charge in [-0.1, -0.05) is 30.3 Å². The summed E-state index contributed by atoms with van der Waals surface area (Å²) in [6.45, 7) is 2.19. The number of piperidine rings is 1. The zero-order chi connectivity index (χ0) is 11.7. The van der Waals surface area contributed by atoms with Gasteiger partial charge < -0.3 is 0 Å². The molecule has 1 saturated heterocycles. The van der Waals surface area contributed by atoms with Crippen molar-refractivity contribution in [3.05, 3.63) is 35.9 Å². The minimum absolute atomic E-state index is 0.270. The molecule has 2 aliphatic rings. The normalized spacial score (nSPS) is 26.8. The molecule has 17 heavy (non-hydrogen) atoms. The van der Waals surface area contributed by atoms with Crippen LogP contribution in [-0.2, 0) is 4.79 Å².